The number of hydrogen-bond acceptors (Lipinski definition) is 5. The molecule has 1 aliphatic carbocycles. The molecule has 0 spiro atoms. The Bertz CT molecular complexity index is 1050. The summed E-state index contributed by atoms with van der Waals surface area (Å²) in [6.07, 6.45) is 11.2. The number of benzene rings is 1. The van der Waals surface area contributed by atoms with E-state index in [1.807, 2.05) is 0 Å². The first kappa shape index (κ1) is 26.3. The van der Waals surface area contributed by atoms with Crippen LogP contribution < -0.4 is 16.0 Å². The van der Waals surface area contributed by atoms with Gasteiger partial charge in [-0.3, -0.25) is 14.6 Å². The van der Waals surface area contributed by atoms with Crippen LogP contribution in [0, 0.1) is 11.7 Å². The third kappa shape index (κ3) is 8.90. The number of nitrogens with zero attached hydrogens (tertiary/aromatic N) is 1. The van der Waals surface area contributed by atoms with Gasteiger partial charge in [0.2, 0.25) is 5.91 Å². The van der Waals surface area contributed by atoms with Crippen molar-refractivity contribution in [2.45, 2.75) is 32.6 Å². The topological polar surface area (TPSA) is 103 Å². The van der Waals surface area contributed by atoms with Crippen molar-refractivity contribution in [3.63, 3.8) is 0 Å². The van der Waals surface area contributed by atoms with Gasteiger partial charge in [-0.2, -0.15) is 0 Å². The largest absolute Gasteiger partial charge is 0.506 e. The lowest BCUT2D eigenvalue weighted by atomic mass is 10.2. The van der Waals surface area contributed by atoms with E-state index >= 15 is 0 Å². The van der Waals surface area contributed by atoms with Crippen molar-refractivity contribution < 1.29 is 19.1 Å². The molecule has 0 unspecified atom stereocenters. The third-order valence-electron chi connectivity index (χ3n) is 5.10. The molecule has 2 amide bonds. The van der Waals surface area contributed by atoms with Gasteiger partial charge in [0.05, 0.1) is 24.1 Å². The smallest absolute Gasteiger partial charge is 0.251 e. The molecule has 0 atom stereocenters. The molecule has 7 nitrogen and oxygen atoms in total. The molecule has 4 N–H and O–H groups in total. The second kappa shape index (κ2) is 13.6. The predicted octanol–water partition coefficient (Wildman–Crippen LogP) is 5.15. The Morgan fingerprint density at radius 1 is 1.26 bits per heavy atom. The first-order valence-electron chi connectivity index (χ1n) is 11.1. The minimum atomic E-state index is -0.551. The second-order valence-electron chi connectivity index (χ2n) is 7.94. The maximum atomic E-state index is 13.7. The van der Waals surface area contributed by atoms with E-state index in [-0.39, 0.29) is 29.3 Å². The highest BCUT2D eigenvalue weighted by atomic mass is 19.1. The molecule has 180 valence electrons. The average Bonchev–Trinajstić information content (AvgIpc) is 3.30. The molecule has 1 fully saturated rings. The van der Waals surface area contributed by atoms with Crippen LogP contribution in [0.3, 0.4) is 0 Å². The first-order chi connectivity index (χ1) is 16.3. The SMILES string of the molecule is C=C/C=C(/NC(=O)CNC(=O)c1cccc(Nc2ccncc2F)c1)C(=C)O.CC1CCCC1. The van der Waals surface area contributed by atoms with Crippen molar-refractivity contribution in [3.8, 4) is 0 Å². The minimum Gasteiger partial charge on any atom is -0.506 e. The van der Waals surface area contributed by atoms with Gasteiger partial charge in [-0.25, -0.2) is 4.39 Å². The van der Waals surface area contributed by atoms with Crippen LogP contribution in [0.2, 0.25) is 0 Å². The molecule has 34 heavy (non-hydrogen) atoms. The highest BCUT2D eigenvalue weighted by Gasteiger charge is 2.11. The Labute approximate surface area is 199 Å². The Morgan fingerprint density at radius 2 is 2.00 bits per heavy atom. The van der Waals surface area contributed by atoms with Crippen LogP contribution >= 0.6 is 0 Å². The number of allylic oxidation sites excluding steroid dienone is 2. The number of carbonyl (C=O) groups excluding carboxylic acids is 2. The number of aliphatic hydroxyl groups is 1. The lowest BCUT2D eigenvalue weighted by Gasteiger charge is -2.11. The summed E-state index contributed by atoms with van der Waals surface area (Å²) < 4.78 is 13.7. The Balaban J connectivity index is 0.000000589. The van der Waals surface area contributed by atoms with Gasteiger partial charge in [-0.05, 0) is 36.3 Å². The lowest BCUT2D eigenvalue weighted by molar-refractivity contribution is -0.119. The number of pyridine rings is 1. The summed E-state index contributed by atoms with van der Waals surface area (Å²) in [7, 11) is 0. The van der Waals surface area contributed by atoms with Crippen LogP contribution in [0.4, 0.5) is 15.8 Å². The fraction of sp³-hybridized carbons (Fsp3) is 0.269. The molecule has 8 heteroatoms. The van der Waals surface area contributed by atoms with Gasteiger partial charge in [0.25, 0.3) is 5.91 Å². The molecule has 1 aliphatic rings. The van der Waals surface area contributed by atoms with Gasteiger partial charge in [-0.1, -0.05) is 57.9 Å². The van der Waals surface area contributed by atoms with Crippen molar-refractivity contribution in [2.75, 3.05) is 11.9 Å². The standard InChI is InChI=1S/C20H19FN4O3.C6H12/c1-3-5-17(13(2)26)25-19(27)12-23-20(28)14-6-4-7-15(10-14)24-18-8-9-22-11-16(18)21;1-6-4-2-3-5-6/h3-11,26H,1-2,12H2,(H,22,24)(H,23,28)(H,25,27);6H,2-5H2,1H3/b17-5+;. The van der Waals surface area contributed by atoms with Gasteiger partial charge < -0.3 is 21.1 Å². The lowest BCUT2D eigenvalue weighted by Crippen LogP contribution is -2.36. The van der Waals surface area contributed by atoms with E-state index in [9.17, 15) is 19.1 Å². The number of carbonyl (C=O) groups is 2. The number of rotatable bonds is 8. The van der Waals surface area contributed by atoms with E-state index in [1.165, 1.54) is 56.2 Å². The summed E-state index contributed by atoms with van der Waals surface area (Å²) in [6, 6.07) is 7.83. The average molecular weight is 467 g/mol. The highest BCUT2D eigenvalue weighted by molar-refractivity contribution is 5.97. The van der Waals surface area contributed by atoms with Crippen molar-refractivity contribution in [1.82, 2.24) is 15.6 Å². The second-order valence-corrected chi connectivity index (χ2v) is 7.94. The van der Waals surface area contributed by atoms with Crippen molar-refractivity contribution in [2.24, 2.45) is 5.92 Å². The number of hydrogen-bond donors (Lipinski definition) is 4. The summed E-state index contributed by atoms with van der Waals surface area (Å²) >= 11 is 0. The maximum Gasteiger partial charge on any atom is 0.251 e. The molecule has 1 heterocycles. The number of anilines is 2. The molecule has 2 aromatic rings. The molecule has 1 aromatic heterocycles. The van der Waals surface area contributed by atoms with Gasteiger partial charge in [-0.15, -0.1) is 0 Å². The first-order valence-corrected chi connectivity index (χ1v) is 11.1. The van der Waals surface area contributed by atoms with Crippen LogP contribution in [-0.4, -0.2) is 28.4 Å². The zero-order valence-corrected chi connectivity index (χ0v) is 19.3. The third-order valence-corrected chi connectivity index (χ3v) is 5.10. The summed E-state index contributed by atoms with van der Waals surface area (Å²) in [5.41, 5.74) is 1.08. The van der Waals surface area contributed by atoms with Crippen LogP contribution in [0.5, 0.6) is 0 Å². The molecular weight excluding hydrogens is 435 g/mol. The number of amides is 2. The van der Waals surface area contributed by atoms with E-state index in [1.54, 1.807) is 18.2 Å². The Morgan fingerprint density at radius 3 is 2.59 bits per heavy atom. The number of aromatic nitrogens is 1. The van der Waals surface area contributed by atoms with Gasteiger partial charge in [0.1, 0.15) is 5.76 Å². The van der Waals surface area contributed by atoms with Crippen LogP contribution in [0.25, 0.3) is 0 Å². The molecule has 3 rings (SSSR count). The number of nitrogens with one attached hydrogen (secondary N) is 3. The quantitative estimate of drug-likeness (QED) is 0.318. The fourth-order valence-corrected chi connectivity index (χ4v) is 3.29. The van der Waals surface area contributed by atoms with Crippen LogP contribution in [0.15, 0.2) is 79.5 Å². The van der Waals surface area contributed by atoms with Gasteiger partial charge in [0, 0.05) is 17.4 Å². The normalized spacial score (nSPS) is 13.3. The highest BCUT2D eigenvalue weighted by Crippen LogP contribution is 2.23. The monoisotopic (exact) mass is 466 g/mol. The minimum absolute atomic E-state index is 0.0832. The molecule has 0 saturated heterocycles. The van der Waals surface area contributed by atoms with Crippen molar-refractivity contribution >= 4 is 23.2 Å². The number of aliphatic hydroxyl groups excluding tert-OH is 1. The molecule has 1 saturated carbocycles. The molecule has 0 radical (unpaired) electrons. The molecule has 1 aromatic carbocycles. The van der Waals surface area contributed by atoms with Gasteiger partial charge >= 0.3 is 0 Å². The van der Waals surface area contributed by atoms with E-state index in [0.717, 1.165) is 12.1 Å². The van der Waals surface area contributed by atoms with E-state index in [0.29, 0.717) is 5.69 Å². The van der Waals surface area contributed by atoms with Crippen LogP contribution in [0.1, 0.15) is 43.0 Å². The summed E-state index contributed by atoms with van der Waals surface area (Å²) in [4.78, 5) is 27.8. The van der Waals surface area contributed by atoms with Crippen LogP contribution in [-0.2, 0) is 4.79 Å². The molecule has 0 bridgehead atoms. The maximum absolute atomic E-state index is 13.7. The van der Waals surface area contributed by atoms with Crippen molar-refractivity contribution in [3.05, 3.63) is 90.9 Å². The summed E-state index contributed by atoms with van der Waals surface area (Å²) in [6.45, 7) is 8.80. The fourth-order valence-electron chi connectivity index (χ4n) is 3.29. The zero-order chi connectivity index (χ0) is 24.9. The van der Waals surface area contributed by atoms with Crippen molar-refractivity contribution in [1.29, 1.82) is 0 Å². The van der Waals surface area contributed by atoms with E-state index in [4.69, 9.17) is 0 Å². The zero-order valence-electron chi connectivity index (χ0n) is 19.3. The number of halogens is 1. The molecule has 0 aliphatic heterocycles. The summed E-state index contributed by atoms with van der Waals surface area (Å²) in [5, 5.41) is 17.1. The van der Waals surface area contributed by atoms with E-state index in [2.05, 4.69) is 41.0 Å². The van der Waals surface area contributed by atoms with Gasteiger partial charge in [0.15, 0.2) is 5.82 Å². The Kier molecular flexibility index (Phi) is 10.5. The van der Waals surface area contributed by atoms with E-state index < -0.39 is 17.6 Å². The summed E-state index contributed by atoms with van der Waals surface area (Å²) in [5.74, 6) is -0.856. The predicted molar refractivity (Wildman–Crippen MR) is 132 cm³/mol. The Hall–Kier alpha value is -3.94. The molecular formula is C26H31FN4O3.